The van der Waals surface area contributed by atoms with Gasteiger partial charge in [0.15, 0.2) is 0 Å². The number of nitrogens with one attached hydrogen (secondary N) is 1. The van der Waals surface area contributed by atoms with Gasteiger partial charge in [-0.2, -0.15) is 0 Å². The number of carbonyl (C=O) groups excluding carboxylic acids is 1. The molecule has 0 aliphatic heterocycles. The summed E-state index contributed by atoms with van der Waals surface area (Å²) >= 11 is 5.01. The Hall–Kier alpha value is -2.83. The molecule has 1 N–H and O–H groups in total. The predicted octanol–water partition coefficient (Wildman–Crippen LogP) is 6.43. The first-order chi connectivity index (χ1) is 14.5. The molecule has 4 nitrogen and oxygen atoms in total. The highest BCUT2D eigenvalue weighted by Crippen LogP contribution is 2.34. The maximum absolute atomic E-state index is 12.9. The van der Waals surface area contributed by atoms with Gasteiger partial charge in [0.05, 0.1) is 12.1 Å². The lowest BCUT2D eigenvalue weighted by molar-refractivity contribution is -0.115. The number of halogens is 1. The molecule has 0 bridgehead atoms. The number of pyridine rings is 1. The molecule has 6 heteroatoms. The zero-order valence-corrected chi connectivity index (χ0v) is 19.0. The number of aryl methyl sites for hydroxylation is 2. The second kappa shape index (κ2) is 8.90. The molecule has 4 rings (SSSR count). The Kier molecular flexibility index (Phi) is 6.06. The van der Waals surface area contributed by atoms with Gasteiger partial charge in [0.1, 0.15) is 5.01 Å². The summed E-state index contributed by atoms with van der Waals surface area (Å²) in [4.78, 5) is 22.9. The summed E-state index contributed by atoms with van der Waals surface area (Å²) in [5.74, 6) is -0.0524. The van der Waals surface area contributed by atoms with Gasteiger partial charge in [0.25, 0.3) is 0 Å². The van der Waals surface area contributed by atoms with Crippen molar-refractivity contribution in [2.75, 3.05) is 5.32 Å². The zero-order valence-electron chi connectivity index (χ0n) is 16.6. The summed E-state index contributed by atoms with van der Waals surface area (Å²) in [6.07, 6.45) is 3.80. The van der Waals surface area contributed by atoms with E-state index in [1.807, 2.05) is 68.4 Å². The van der Waals surface area contributed by atoms with E-state index in [0.29, 0.717) is 0 Å². The van der Waals surface area contributed by atoms with Crippen LogP contribution in [0.4, 0.5) is 5.69 Å². The molecule has 0 aliphatic rings. The van der Waals surface area contributed by atoms with Crippen molar-refractivity contribution in [3.63, 3.8) is 0 Å². The first-order valence-corrected chi connectivity index (χ1v) is 11.1. The highest BCUT2D eigenvalue weighted by atomic mass is 79.9. The van der Waals surface area contributed by atoms with Crippen LogP contribution in [0.3, 0.4) is 0 Å². The van der Waals surface area contributed by atoms with Gasteiger partial charge in [-0.25, -0.2) is 4.98 Å². The molecule has 150 valence electrons. The number of hydrogen-bond donors (Lipinski definition) is 1. The van der Waals surface area contributed by atoms with Crippen molar-refractivity contribution in [3.8, 4) is 21.8 Å². The van der Waals surface area contributed by atoms with E-state index in [-0.39, 0.29) is 12.3 Å². The lowest BCUT2D eigenvalue weighted by atomic mass is 10.1. The second-order valence-corrected chi connectivity index (χ2v) is 9.08. The largest absolute Gasteiger partial charge is 0.326 e. The smallest absolute Gasteiger partial charge is 0.229 e. The number of aromatic nitrogens is 2. The van der Waals surface area contributed by atoms with E-state index in [2.05, 4.69) is 26.2 Å². The summed E-state index contributed by atoms with van der Waals surface area (Å²) in [6.45, 7) is 4.01. The molecule has 0 aliphatic carbocycles. The van der Waals surface area contributed by atoms with Gasteiger partial charge in [-0.3, -0.25) is 9.78 Å². The van der Waals surface area contributed by atoms with Gasteiger partial charge in [-0.15, -0.1) is 11.3 Å². The molecule has 0 fully saturated rings. The minimum atomic E-state index is -0.0524. The Balaban J connectivity index is 1.67. The molecule has 1 amide bonds. The maximum atomic E-state index is 12.9. The standard InChI is InChI=1S/C24H20BrN3OS/c1-15-5-6-16(2)20(12-15)27-22(29)13-21-23(17-7-9-19(25)10-8-17)28-24(30-21)18-4-3-11-26-14-18/h3-12,14H,13H2,1-2H3,(H,27,29). The average molecular weight is 478 g/mol. The molecule has 0 saturated heterocycles. The Labute approximate surface area is 188 Å². The molecule has 2 aromatic carbocycles. The molecule has 0 unspecified atom stereocenters. The summed E-state index contributed by atoms with van der Waals surface area (Å²) in [6, 6.07) is 17.9. The minimum Gasteiger partial charge on any atom is -0.326 e. The van der Waals surface area contributed by atoms with E-state index in [1.165, 1.54) is 11.3 Å². The molecular weight excluding hydrogens is 458 g/mol. The van der Waals surface area contributed by atoms with Crippen LogP contribution in [-0.2, 0) is 11.2 Å². The predicted molar refractivity (Wildman–Crippen MR) is 127 cm³/mol. The van der Waals surface area contributed by atoms with Crippen molar-refractivity contribution in [2.45, 2.75) is 20.3 Å². The summed E-state index contributed by atoms with van der Waals surface area (Å²) in [7, 11) is 0. The zero-order chi connectivity index (χ0) is 21.1. The molecule has 0 atom stereocenters. The highest BCUT2D eigenvalue weighted by Gasteiger charge is 2.18. The van der Waals surface area contributed by atoms with Gasteiger partial charge < -0.3 is 5.32 Å². The fourth-order valence-corrected chi connectivity index (χ4v) is 4.47. The van der Waals surface area contributed by atoms with E-state index in [0.717, 1.165) is 48.0 Å². The van der Waals surface area contributed by atoms with E-state index < -0.39 is 0 Å². The fourth-order valence-electron chi connectivity index (χ4n) is 3.13. The average Bonchev–Trinajstić information content (AvgIpc) is 3.15. The van der Waals surface area contributed by atoms with E-state index in [4.69, 9.17) is 4.98 Å². The topological polar surface area (TPSA) is 54.9 Å². The summed E-state index contributed by atoms with van der Waals surface area (Å²) < 4.78 is 1.00. The maximum Gasteiger partial charge on any atom is 0.229 e. The van der Waals surface area contributed by atoms with E-state index >= 15 is 0 Å². The number of amides is 1. The van der Waals surface area contributed by atoms with E-state index in [9.17, 15) is 4.79 Å². The second-order valence-electron chi connectivity index (χ2n) is 7.08. The van der Waals surface area contributed by atoms with Crippen molar-refractivity contribution in [2.24, 2.45) is 0 Å². The minimum absolute atomic E-state index is 0.0524. The third-order valence-corrected chi connectivity index (χ3v) is 6.34. The first kappa shape index (κ1) is 20.4. The number of anilines is 1. The molecule has 2 heterocycles. The molecule has 0 radical (unpaired) electrons. The van der Waals surface area contributed by atoms with Crippen LogP contribution < -0.4 is 5.32 Å². The third kappa shape index (κ3) is 4.66. The lowest BCUT2D eigenvalue weighted by Crippen LogP contribution is -2.15. The van der Waals surface area contributed by atoms with Crippen molar-refractivity contribution in [3.05, 3.63) is 87.5 Å². The van der Waals surface area contributed by atoms with Gasteiger partial charge in [0, 0.05) is 38.6 Å². The first-order valence-electron chi connectivity index (χ1n) is 9.53. The number of nitrogens with zero attached hydrogens (tertiary/aromatic N) is 2. The summed E-state index contributed by atoms with van der Waals surface area (Å²) in [5.41, 5.74) is 5.77. The van der Waals surface area contributed by atoms with Gasteiger partial charge >= 0.3 is 0 Å². The number of benzene rings is 2. The monoisotopic (exact) mass is 477 g/mol. The summed E-state index contributed by atoms with van der Waals surface area (Å²) in [5, 5.41) is 3.91. The van der Waals surface area contributed by atoms with Crippen LogP contribution in [0.15, 0.2) is 71.5 Å². The molecule has 30 heavy (non-hydrogen) atoms. The van der Waals surface area contributed by atoms with Crippen LogP contribution in [0, 0.1) is 13.8 Å². The van der Waals surface area contributed by atoms with Crippen molar-refractivity contribution < 1.29 is 4.79 Å². The van der Waals surface area contributed by atoms with Crippen LogP contribution in [0.25, 0.3) is 21.8 Å². The molecule has 2 aromatic heterocycles. The SMILES string of the molecule is Cc1ccc(C)c(NC(=O)Cc2sc(-c3cccnc3)nc2-c2ccc(Br)cc2)c1. The Morgan fingerprint density at radius 2 is 1.87 bits per heavy atom. The van der Waals surface area contributed by atoms with Gasteiger partial charge in [-0.05, 0) is 55.3 Å². The lowest BCUT2D eigenvalue weighted by Gasteiger charge is -2.09. The van der Waals surface area contributed by atoms with Crippen molar-refractivity contribution >= 4 is 38.9 Å². The molecule has 0 saturated carbocycles. The van der Waals surface area contributed by atoms with Crippen LogP contribution in [-0.4, -0.2) is 15.9 Å². The fraction of sp³-hybridized carbons (Fsp3) is 0.125. The van der Waals surface area contributed by atoms with Gasteiger partial charge in [-0.1, -0.05) is 40.2 Å². The van der Waals surface area contributed by atoms with Gasteiger partial charge in [0.2, 0.25) is 5.91 Å². The quantitative estimate of drug-likeness (QED) is 0.360. The highest BCUT2D eigenvalue weighted by molar-refractivity contribution is 9.10. The van der Waals surface area contributed by atoms with Crippen molar-refractivity contribution in [1.82, 2.24) is 9.97 Å². The Morgan fingerprint density at radius 3 is 2.60 bits per heavy atom. The third-order valence-electron chi connectivity index (χ3n) is 4.71. The molecule has 4 aromatic rings. The van der Waals surface area contributed by atoms with Crippen LogP contribution in [0.5, 0.6) is 0 Å². The number of thiazole rings is 1. The molecule has 0 spiro atoms. The Morgan fingerprint density at radius 1 is 1.07 bits per heavy atom. The number of rotatable bonds is 5. The van der Waals surface area contributed by atoms with E-state index in [1.54, 1.807) is 12.4 Å². The Bertz CT molecular complexity index is 1190. The van der Waals surface area contributed by atoms with Crippen LogP contribution >= 0.6 is 27.3 Å². The number of carbonyl (C=O) groups is 1. The van der Waals surface area contributed by atoms with Crippen molar-refractivity contribution in [1.29, 1.82) is 0 Å². The van der Waals surface area contributed by atoms with Crippen LogP contribution in [0.2, 0.25) is 0 Å². The molecular formula is C24H20BrN3OS. The number of hydrogen-bond acceptors (Lipinski definition) is 4. The normalized spacial score (nSPS) is 10.8. The van der Waals surface area contributed by atoms with Crippen LogP contribution in [0.1, 0.15) is 16.0 Å².